The summed E-state index contributed by atoms with van der Waals surface area (Å²) in [6, 6.07) is 0. The summed E-state index contributed by atoms with van der Waals surface area (Å²) in [6.45, 7) is 4.94. The van der Waals surface area contributed by atoms with Crippen LogP contribution in [0.1, 0.15) is 46.0 Å². The third-order valence-electron chi connectivity index (χ3n) is 4.48. The van der Waals surface area contributed by atoms with Gasteiger partial charge in [-0.3, -0.25) is 9.59 Å². The molecule has 0 radical (unpaired) electrons. The van der Waals surface area contributed by atoms with Gasteiger partial charge in [0.1, 0.15) is 5.54 Å². The zero-order chi connectivity index (χ0) is 12.5. The lowest BCUT2D eigenvalue weighted by molar-refractivity contribution is -0.156. The summed E-state index contributed by atoms with van der Waals surface area (Å²) in [6.07, 6.45) is 5.08. The Bertz CT molecular complexity index is 319. The fraction of sp³-hybridized carbons (Fsp3) is 0.846. The molecule has 1 saturated carbocycles. The molecule has 2 aliphatic rings. The molecule has 1 aliphatic carbocycles. The molecule has 1 N–H and O–H groups in total. The zero-order valence-corrected chi connectivity index (χ0v) is 10.8. The van der Waals surface area contributed by atoms with Crippen LogP contribution >= 0.6 is 0 Å². The van der Waals surface area contributed by atoms with E-state index < -0.39 is 5.54 Å². The first kappa shape index (κ1) is 12.4. The maximum absolute atomic E-state index is 12.1. The number of amides is 2. The predicted octanol–water partition coefficient (Wildman–Crippen LogP) is 1.30. The Hall–Kier alpha value is -1.06. The Morgan fingerprint density at radius 1 is 1.29 bits per heavy atom. The topological polar surface area (TPSA) is 49.4 Å². The van der Waals surface area contributed by atoms with Crippen LogP contribution in [0.3, 0.4) is 0 Å². The lowest BCUT2D eigenvalue weighted by Crippen LogP contribution is -2.67. The molecule has 1 aliphatic heterocycles. The molecule has 0 atom stereocenters. The van der Waals surface area contributed by atoms with E-state index in [4.69, 9.17) is 0 Å². The lowest BCUT2D eigenvalue weighted by Gasteiger charge is -2.47. The van der Waals surface area contributed by atoms with E-state index in [1.165, 1.54) is 19.3 Å². The molecule has 0 spiro atoms. The molecular formula is C13H22N2O2. The number of rotatable bonds is 4. The van der Waals surface area contributed by atoms with Crippen molar-refractivity contribution in [3.8, 4) is 0 Å². The molecule has 2 rings (SSSR count). The van der Waals surface area contributed by atoms with Crippen molar-refractivity contribution in [1.29, 1.82) is 0 Å². The maximum Gasteiger partial charge on any atom is 0.246 e. The predicted molar refractivity (Wildman–Crippen MR) is 65.4 cm³/mol. The minimum Gasteiger partial charge on any atom is -0.345 e. The van der Waals surface area contributed by atoms with Crippen LogP contribution in [0.5, 0.6) is 0 Å². The average Bonchev–Trinajstić information content (AvgIpc) is 2.28. The van der Waals surface area contributed by atoms with Crippen LogP contribution in [0, 0.1) is 5.92 Å². The second kappa shape index (κ2) is 4.67. The summed E-state index contributed by atoms with van der Waals surface area (Å²) in [5.74, 6) is 0.726. The van der Waals surface area contributed by atoms with Gasteiger partial charge in [0.25, 0.3) is 0 Å². The van der Waals surface area contributed by atoms with Gasteiger partial charge >= 0.3 is 0 Å². The van der Waals surface area contributed by atoms with E-state index in [0.717, 1.165) is 6.54 Å². The van der Waals surface area contributed by atoms with Gasteiger partial charge in [-0.2, -0.15) is 0 Å². The van der Waals surface area contributed by atoms with Gasteiger partial charge in [-0.1, -0.05) is 20.3 Å². The van der Waals surface area contributed by atoms with Crippen molar-refractivity contribution in [3.63, 3.8) is 0 Å². The number of nitrogens with one attached hydrogen (secondary N) is 1. The Labute approximate surface area is 103 Å². The van der Waals surface area contributed by atoms with Crippen LogP contribution in [-0.2, 0) is 9.59 Å². The minimum atomic E-state index is -0.592. The van der Waals surface area contributed by atoms with E-state index in [1.54, 1.807) is 0 Å². The van der Waals surface area contributed by atoms with Gasteiger partial charge in [0.2, 0.25) is 11.8 Å². The number of hydrogen-bond acceptors (Lipinski definition) is 2. The highest BCUT2D eigenvalue weighted by Crippen LogP contribution is 2.33. The third kappa shape index (κ3) is 1.94. The van der Waals surface area contributed by atoms with Gasteiger partial charge in [-0.05, 0) is 31.6 Å². The number of nitrogens with zero attached hydrogens (tertiary/aromatic N) is 1. The van der Waals surface area contributed by atoms with Crippen molar-refractivity contribution >= 4 is 11.8 Å². The molecule has 0 aromatic carbocycles. The van der Waals surface area contributed by atoms with Crippen molar-refractivity contribution in [2.75, 3.05) is 13.1 Å². The quantitative estimate of drug-likeness (QED) is 0.802. The Morgan fingerprint density at radius 3 is 2.41 bits per heavy atom. The Kier molecular flexibility index (Phi) is 3.40. The van der Waals surface area contributed by atoms with Crippen LogP contribution in [0.15, 0.2) is 0 Å². The monoisotopic (exact) mass is 238 g/mol. The molecule has 4 nitrogen and oxygen atoms in total. The first-order valence-corrected chi connectivity index (χ1v) is 6.72. The van der Waals surface area contributed by atoms with Gasteiger partial charge in [0.15, 0.2) is 0 Å². The summed E-state index contributed by atoms with van der Waals surface area (Å²) in [4.78, 5) is 26.0. The van der Waals surface area contributed by atoms with Crippen LogP contribution in [0.25, 0.3) is 0 Å². The number of piperazine rings is 1. The van der Waals surface area contributed by atoms with E-state index in [1.807, 2.05) is 18.7 Å². The number of carbonyl (C=O) groups excluding carboxylic acids is 2. The van der Waals surface area contributed by atoms with Gasteiger partial charge in [0, 0.05) is 6.54 Å². The molecule has 1 saturated heterocycles. The van der Waals surface area contributed by atoms with Crippen molar-refractivity contribution in [3.05, 3.63) is 0 Å². The summed E-state index contributed by atoms with van der Waals surface area (Å²) in [5.41, 5.74) is -0.592. The normalized spacial score (nSPS) is 24.5. The highest BCUT2D eigenvalue weighted by Gasteiger charge is 2.47. The minimum absolute atomic E-state index is 0.0291. The van der Waals surface area contributed by atoms with Crippen molar-refractivity contribution in [2.45, 2.75) is 51.5 Å². The second-order valence-corrected chi connectivity index (χ2v) is 5.22. The number of carbonyl (C=O) groups is 2. The molecule has 1 heterocycles. The second-order valence-electron chi connectivity index (χ2n) is 5.22. The molecule has 17 heavy (non-hydrogen) atoms. The fourth-order valence-electron chi connectivity index (χ4n) is 2.94. The molecule has 2 amide bonds. The molecule has 0 unspecified atom stereocenters. The van der Waals surface area contributed by atoms with Crippen molar-refractivity contribution in [2.24, 2.45) is 5.92 Å². The highest BCUT2D eigenvalue weighted by molar-refractivity contribution is 5.97. The first-order valence-electron chi connectivity index (χ1n) is 6.72. The summed E-state index contributed by atoms with van der Waals surface area (Å²) in [5, 5.41) is 2.73. The molecular weight excluding hydrogens is 216 g/mol. The smallest absolute Gasteiger partial charge is 0.246 e. The zero-order valence-electron chi connectivity index (χ0n) is 10.8. The molecule has 0 aromatic heterocycles. The Morgan fingerprint density at radius 2 is 1.94 bits per heavy atom. The fourth-order valence-corrected chi connectivity index (χ4v) is 2.94. The van der Waals surface area contributed by atoms with Crippen LogP contribution in [-0.4, -0.2) is 35.3 Å². The largest absolute Gasteiger partial charge is 0.345 e. The molecule has 96 valence electrons. The number of hydrogen-bond donors (Lipinski definition) is 1. The van der Waals surface area contributed by atoms with Gasteiger partial charge < -0.3 is 10.2 Å². The van der Waals surface area contributed by atoms with Crippen molar-refractivity contribution < 1.29 is 9.59 Å². The molecule has 4 heteroatoms. The van der Waals surface area contributed by atoms with Crippen LogP contribution < -0.4 is 5.32 Å². The Balaban J connectivity index is 2.20. The van der Waals surface area contributed by atoms with E-state index in [2.05, 4.69) is 5.32 Å². The van der Waals surface area contributed by atoms with Crippen molar-refractivity contribution in [1.82, 2.24) is 10.2 Å². The molecule has 2 fully saturated rings. The lowest BCUT2D eigenvalue weighted by atomic mass is 9.81. The first-order chi connectivity index (χ1) is 8.14. The summed E-state index contributed by atoms with van der Waals surface area (Å²) < 4.78 is 0. The maximum atomic E-state index is 12.1. The summed E-state index contributed by atoms with van der Waals surface area (Å²) in [7, 11) is 0. The van der Waals surface area contributed by atoms with Crippen LogP contribution in [0.4, 0.5) is 0 Å². The van der Waals surface area contributed by atoms with E-state index in [-0.39, 0.29) is 18.4 Å². The average molecular weight is 238 g/mol. The van der Waals surface area contributed by atoms with Gasteiger partial charge in [0.05, 0.1) is 6.54 Å². The van der Waals surface area contributed by atoms with E-state index >= 15 is 0 Å². The standard InChI is InChI=1S/C13H22N2O2/c1-3-13(4-2)12(17)14-8-11(16)15(13)9-10-6-5-7-10/h10H,3-9H2,1-2H3,(H,14,17). The molecule has 0 bridgehead atoms. The molecule has 0 aromatic rings. The SMILES string of the molecule is CCC1(CC)C(=O)NCC(=O)N1CC1CCC1. The van der Waals surface area contributed by atoms with Gasteiger partial charge in [-0.25, -0.2) is 0 Å². The van der Waals surface area contributed by atoms with E-state index in [0.29, 0.717) is 18.8 Å². The third-order valence-corrected chi connectivity index (χ3v) is 4.48. The summed E-state index contributed by atoms with van der Waals surface area (Å²) >= 11 is 0. The van der Waals surface area contributed by atoms with Gasteiger partial charge in [-0.15, -0.1) is 0 Å². The van der Waals surface area contributed by atoms with Crippen LogP contribution in [0.2, 0.25) is 0 Å². The van der Waals surface area contributed by atoms with E-state index in [9.17, 15) is 9.59 Å². The highest BCUT2D eigenvalue weighted by atomic mass is 16.2.